The maximum absolute atomic E-state index is 13.8. The number of benzene rings is 2. The average molecular weight is 398 g/mol. The molecule has 2 aromatic carbocycles. The molecule has 1 fully saturated rings. The third kappa shape index (κ3) is 3.04. The molecule has 2 atom stereocenters. The molecule has 28 heavy (non-hydrogen) atoms. The molecular formula is C22H18ClF2N3. The number of aromatic nitrogens is 3. The van der Waals surface area contributed by atoms with Crippen molar-refractivity contribution in [2.45, 2.75) is 37.5 Å². The number of nitrogens with one attached hydrogen (secondary N) is 1. The standard InChI is InChI=1S/C22H18ClF2N3/c23-17-10-20-21(11-18(17)25)28-22(27-20)13-3-1-2-12(8-13)15-6-7-26-19-5-4-14(24)9-16(15)19/h4-7,9-13H,1-3,8H2,(H,27,28). The summed E-state index contributed by atoms with van der Waals surface area (Å²) in [5.41, 5.74) is 3.30. The Labute approximate surface area is 165 Å². The summed E-state index contributed by atoms with van der Waals surface area (Å²) in [5.74, 6) is 0.719. The van der Waals surface area contributed by atoms with E-state index < -0.39 is 5.82 Å². The Morgan fingerprint density at radius 2 is 1.86 bits per heavy atom. The van der Waals surface area contributed by atoms with Crippen molar-refractivity contribution in [3.8, 4) is 0 Å². The van der Waals surface area contributed by atoms with Gasteiger partial charge in [-0.3, -0.25) is 4.98 Å². The van der Waals surface area contributed by atoms with Gasteiger partial charge in [-0.25, -0.2) is 13.8 Å². The van der Waals surface area contributed by atoms with Gasteiger partial charge in [0.1, 0.15) is 17.5 Å². The van der Waals surface area contributed by atoms with Gasteiger partial charge in [-0.1, -0.05) is 18.0 Å². The molecule has 1 aliphatic carbocycles. The first kappa shape index (κ1) is 17.6. The highest BCUT2D eigenvalue weighted by molar-refractivity contribution is 6.31. The number of imidazole rings is 1. The maximum atomic E-state index is 13.8. The van der Waals surface area contributed by atoms with Crippen LogP contribution in [0.15, 0.2) is 42.6 Å². The monoisotopic (exact) mass is 397 g/mol. The lowest BCUT2D eigenvalue weighted by Crippen LogP contribution is -2.14. The minimum absolute atomic E-state index is 0.0809. The Balaban J connectivity index is 1.49. The molecular weight excluding hydrogens is 380 g/mol. The zero-order valence-corrected chi connectivity index (χ0v) is 15.8. The van der Waals surface area contributed by atoms with Crippen LogP contribution in [0.3, 0.4) is 0 Å². The van der Waals surface area contributed by atoms with E-state index in [9.17, 15) is 8.78 Å². The van der Waals surface area contributed by atoms with Crippen molar-refractivity contribution in [3.05, 3.63) is 70.6 Å². The Bertz CT molecular complexity index is 1150. The summed E-state index contributed by atoms with van der Waals surface area (Å²) in [5, 5.41) is 0.962. The van der Waals surface area contributed by atoms with E-state index in [-0.39, 0.29) is 16.8 Å². The first-order valence-electron chi connectivity index (χ1n) is 9.47. The molecule has 0 radical (unpaired) electrons. The topological polar surface area (TPSA) is 41.6 Å². The third-order valence-electron chi connectivity index (χ3n) is 5.78. The second-order valence-electron chi connectivity index (χ2n) is 7.53. The maximum Gasteiger partial charge on any atom is 0.144 e. The zero-order valence-electron chi connectivity index (χ0n) is 15.1. The fraction of sp³-hybridized carbons (Fsp3) is 0.273. The third-order valence-corrected chi connectivity index (χ3v) is 6.07. The number of pyridine rings is 1. The normalized spacial score (nSPS) is 20.1. The number of nitrogens with zero attached hydrogens (tertiary/aromatic N) is 2. The largest absolute Gasteiger partial charge is 0.342 e. The van der Waals surface area contributed by atoms with Crippen LogP contribution in [-0.4, -0.2) is 15.0 Å². The quantitative estimate of drug-likeness (QED) is 0.420. The van der Waals surface area contributed by atoms with Crippen LogP contribution in [0, 0.1) is 11.6 Å². The van der Waals surface area contributed by atoms with Crippen LogP contribution in [0.4, 0.5) is 8.78 Å². The summed E-state index contributed by atoms with van der Waals surface area (Å²) in [6.07, 6.45) is 5.83. The molecule has 0 amide bonds. The lowest BCUT2D eigenvalue weighted by Gasteiger charge is -2.29. The van der Waals surface area contributed by atoms with Gasteiger partial charge in [0.05, 0.1) is 21.6 Å². The van der Waals surface area contributed by atoms with Gasteiger partial charge < -0.3 is 4.98 Å². The van der Waals surface area contributed by atoms with Gasteiger partial charge in [-0.05, 0) is 61.1 Å². The lowest BCUT2D eigenvalue weighted by molar-refractivity contribution is 0.386. The van der Waals surface area contributed by atoms with Crippen molar-refractivity contribution < 1.29 is 8.78 Å². The first-order chi connectivity index (χ1) is 13.6. The molecule has 2 aromatic heterocycles. The van der Waals surface area contributed by atoms with Gasteiger partial charge >= 0.3 is 0 Å². The van der Waals surface area contributed by atoms with Crippen LogP contribution in [0.5, 0.6) is 0 Å². The lowest BCUT2D eigenvalue weighted by atomic mass is 9.77. The number of hydrogen-bond acceptors (Lipinski definition) is 2. The molecule has 0 spiro atoms. The second-order valence-corrected chi connectivity index (χ2v) is 7.93. The second kappa shape index (κ2) is 6.82. The van der Waals surface area contributed by atoms with E-state index >= 15 is 0 Å². The Kier molecular flexibility index (Phi) is 4.27. The smallest absolute Gasteiger partial charge is 0.144 e. The van der Waals surface area contributed by atoms with Crippen LogP contribution < -0.4 is 0 Å². The van der Waals surface area contributed by atoms with Crippen molar-refractivity contribution in [3.63, 3.8) is 0 Å². The van der Waals surface area contributed by atoms with Gasteiger partial charge in [0.2, 0.25) is 0 Å². The summed E-state index contributed by atoms with van der Waals surface area (Å²) in [6.45, 7) is 0. The van der Waals surface area contributed by atoms with Crippen LogP contribution in [-0.2, 0) is 0 Å². The van der Waals surface area contributed by atoms with Crippen LogP contribution in [0.25, 0.3) is 21.9 Å². The number of H-pyrrole nitrogens is 1. The Hall–Kier alpha value is -2.53. The van der Waals surface area contributed by atoms with E-state index in [4.69, 9.17) is 11.6 Å². The number of aromatic amines is 1. The van der Waals surface area contributed by atoms with E-state index in [1.165, 1.54) is 12.1 Å². The van der Waals surface area contributed by atoms with E-state index in [1.54, 1.807) is 24.4 Å². The molecule has 142 valence electrons. The molecule has 0 bridgehead atoms. The minimum atomic E-state index is -0.448. The number of rotatable bonds is 2. The number of fused-ring (bicyclic) bond motifs is 2. The van der Waals surface area contributed by atoms with Crippen molar-refractivity contribution in [1.82, 2.24) is 15.0 Å². The van der Waals surface area contributed by atoms with Gasteiger partial charge in [0.15, 0.2) is 0 Å². The summed E-state index contributed by atoms with van der Waals surface area (Å²) in [4.78, 5) is 12.3. The van der Waals surface area contributed by atoms with E-state index in [2.05, 4.69) is 15.0 Å². The van der Waals surface area contributed by atoms with Crippen LogP contribution in [0.1, 0.15) is 48.9 Å². The number of hydrogen-bond donors (Lipinski definition) is 1. The zero-order chi connectivity index (χ0) is 19.3. The van der Waals surface area contributed by atoms with Gasteiger partial charge in [-0.2, -0.15) is 0 Å². The minimum Gasteiger partial charge on any atom is -0.342 e. The molecule has 4 aromatic rings. The van der Waals surface area contributed by atoms with Crippen molar-refractivity contribution >= 4 is 33.5 Å². The molecule has 0 aliphatic heterocycles. The highest BCUT2D eigenvalue weighted by atomic mass is 35.5. The number of halogens is 3. The summed E-state index contributed by atoms with van der Waals surface area (Å²) < 4.78 is 27.6. The fourth-order valence-electron chi connectivity index (χ4n) is 4.43. The molecule has 6 heteroatoms. The SMILES string of the molecule is Fc1ccc2nccc(C3CCCC(c4nc5cc(Cl)c(F)cc5[nH]4)C3)c2c1. The van der Waals surface area contributed by atoms with E-state index in [1.807, 2.05) is 6.07 Å². The molecule has 2 unspecified atom stereocenters. The van der Waals surface area contributed by atoms with E-state index in [0.717, 1.165) is 48.0 Å². The first-order valence-corrected chi connectivity index (χ1v) is 9.85. The summed E-state index contributed by atoms with van der Waals surface area (Å²) >= 11 is 5.89. The van der Waals surface area contributed by atoms with Crippen LogP contribution >= 0.6 is 11.6 Å². The van der Waals surface area contributed by atoms with Gasteiger partial charge in [0.25, 0.3) is 0 Å². The van der Waals surface area contributed by atoms with Gasteiger partial charge in [0, 0.05) is 23.6 Å². The molecule has 3 nitrogen and oxygen atoms in total. The molecule has 1 aliphatic rings. The average Bonchev–Trinajstić information content (AvgIpc) is 3.10. The van der Waals surface area contributed by atoms with Crippen LogP contribution in [0.2, 0.25) is 5.02 Å². The molecule has 1 N–H and O–H groups in total. The Morgan fingerprint density at radius 1 is 1.00 bits per heavy atom. The highest BCUT2D eigenvalue weighted by Crippen LogP contribution is 2.42. The Morgan fingerprint density at radius 3 is 2.75 bits per heavy atom. The predicted octanol–water partition coefficient (Wildman–Crippen LogP) is 6.48. The predicted molar refractivity (Wildman–Crippen MR) is 107 cm³/mol. The highest BCUT2D eigenvalue weighted by Gasteiger charge is 2.27. The molecule has 5 rings (SSSR count). The van der Waals surface area contributed by atoms with Gasteiger partial charge in [-0.15, -0.1) is 0 Å². The van der Waals surface area contributed by atoms with Crippen molar-refractivity contribution in [2.24, 2.45) is 0 Å². The summed E-state index contributed by atoms with van der Waals surface area (Å²) in [6, 6.07) is 9.71. The molecule has 0 saturated heterocycles. The fourth-order valence-corrected chi connectivity index (χ4v) is 4.59. The summed E-state index contributed by atoms with van der Waals surface area (Å²) in [7, 11) is 0. The molecule has 2 heterocycles. The van der Waals surface area contributed by atoms with E-state index in [0.29, 0.717) is 17.0 Å². The van der Waals surface area contributed by atoms with Crippen molar-refractivity contribution in [1.29, 1.82) is 0 Å². The molecule has 1 saturated carbocycles. The van der Waals surface area contributed by atoms with Crippen molar-refractivity contribution in [2.75, 3.05) is 0 Å².